The van der Waals surface area contributed by atoms with Crippen LogP contribution in [0, 0.1) is 0 Å². The van der Waals surface area contributed by atoms with Gasteiger partial charge >= 0.3 is 0 Å². The monoisotopic (exact) mass is 387 g/mol. The van der Waals surface area contributed by atoms with E-state index in [4.69, 9.17) is 25.8 Å². The minimum absolute atomic E-state index is 0.0836. The van der Waals surface area contributed by atoms with Crippen LogP contribution in [-0.2, 0) is 11.2 Å². The molecular weight excluding hydrogens is 366 g/mol. The SMILES string of the molecule is COc1cccc(C2CCCN2C(=O)Cc2cc(Cl)c3c(c2)OCCO3)c1. The van der Waals surface area contributed by atoms with Crippen LogP contribution >= 0.6 is 11.6 Å². The Morgan fingerprint density at radius 1 is 1.26 bits per heavy atom. The standard InChI is InChI=1S/C21H22ClNO4/c1-25-16-5-2-4-15(13-16)18-6-3-7-23(18)20(24)12-14-10-17(22)21-19(11-14)26-8-9-27-21/h2,4-5,10-11,13,18H,3,6-9,12H2,1H3. The van der Waals surface area contributed by atoms with E-state index in [9.17, 15) is 4.79 Å². The normalized spacial score (nSPS) is 18.4. The fraction of sp³-hybridized carbons (Fsp3) is 0.381. The molecule has 0 aromatic heterocycles. The summed E-state index contributed by atoms with van der Waals surface area (Å²) in [5, 5.41) is 0.487. The lowest BCUT2D eigenvalue weighted by atomic mass is 10.0. The molecule has 4 rings (SSSR count). The first kappa shape index (κ1) is 18.0. The number of hydrogen-bond donors (Lipinski definition) is 0. The first-order valence-electron chi connectivity index (χ1n) is 9.17. The van der Waals surface area contributed by atoms with Crippen molar-refractivity contribution in [2.45, 2.75) is 25.3 Å². The Labute approximate surface area is 163 Å². The smallest absolute Gasteiger partial charge is 0.227 e. The van der Waals surface area contributed by atoms with E-state index in [1.807, 2.05) is 29.2 Å². The van der Waals surface area contributed by atoms with Gasteiger partial charge in [0.2, 0.25) is 5.91 Å². The van der Waals surface area contributed by atoms with Crippen LogP contribution in [0.25, 0.3) is 0 Å². The van der Waals surface area contributed by atoms with Crippen molar-refractivity contribution < 1.29 is 19.0 Å². The number of methoxy groups -OCH3 is 1. The molecule has 0 aliphatic carbocycles. The van der Waals surface area contributed by atoms with Gasteiger partial charge in [-0.15, -0.1) is 0 Å². The Kier molecular flexibility index (Phi) is 5.12. The maximum absolute atomic E-state index is 13.0. The molecule has 2 aliphatic rings. The maximum Gasteiger partial charge on any atom is 0.227 e. The predicted molar refractivity (Wildman–Crippen MR) is 103 cm³/mol. The molecule has 5 nitrogen and oxygen atoms in total. The van der Waals surface area contributed by atoms with Crippen molar-refractivity contribution in [1.29, 1.82) is 0 Å². The summed E-state index contributed by atoms with van der Waals surface area (Å²) in [5.74, 6) is 2.08. The summed E-state index contributed by atoms with van der Waals surface area (Å²) in [6, 6.07) is 11.7. The van der Waals surface area contributed by atoms with Crippen LogP contribution in [0.2, 0.25) is 5.02 Å². The molecule has 1 fully saturated rings. The van der Waals surface area contributed by atoms with Crippen LogP contribution in [0.3, 0.4) is 0 Å². The van der Waals surface area contributed by atoms with Crippen LogP contribution in [-0.4, -0.2) is 37.7 Å². The van der Waals surface area contributed by atoms with Gasteiger partial charge in [0.25, 0.3) is 0 Å². The van der Waals surface area contributed by atoms with Crippen LogP contribution < -0.4 is 14.2 Å². The highest BCUT2D eigenvalue weighted by Crippen LogP contribution is 2.39. The third-order valence-corrected chi connectivity index (χ3v) is 5.34. The number of benzene rings is 2. The van der Waals surface area contributed by atoms with E-state index in [0.29, 0.717) is 29.7 Å². The van der Waals surface area contributed by atoms with E-state index in [0.717, 1.165) is 36.3 Å². The van der Waals surface area contributed by atoms with Crippen molar-refractivity contribution in [2.75, 3.05) is 26.9 Å². The Hall–Kier alpha value is -2.40. The number of hydrogen-bond acceptors (Lipinski definition) is 4. The number of amides is 1. The number of carbonyl (C=O) groups is 1. The molecule has 27 heavy (non-hydrogen) atoms. The fourth-order valence-corrected chi connectivity index (χ4v) is 4.09. The van der Waals surface area contributed by atoms with E-state index in [1.54, 1.807) is 13.2 Å². The number of carbonyl (C=O) groups excluding carboxylic acids is 1. The van der Waals surface area contributed by atoms with Crippen molar-refractivity contribution in [1.82, 2.24) is 4.90 Å². The van der Waals surface area contributed by atoms with Gasteiger partial charge in [-0.1, -0.05) is 23.7 Å². The first-order chi connectivity index (χ1) is 13.2. The van der Waals surface area contributed by atoms with Gasteiger partial charge in [0.05, 0.1) is 24.6 Å². The van der Waals surface area contributed by atoms with Crippen molar-refractivity contribution in [3.8, 4) is 17.2 Å². The zero-order chi connectivity index (χ0) is 18.8. The Balaban J connectivity index is 1.53. The van der Waals surface area contributed by atoms with Gasteiger partial charge in [0.15, 0.2) is 11.5 Å². The molecule has 0 N–H and O–H groups in total. The van der Waals surface area contributed by atoms with Gasteiger partial charge in [-0.3, -0.25) is 4.79 Å². The molecular formula is C21H22ClNO4. The molecule has 0 spiro atoms. The highest BCUT2D eigenvalue weighted by atomic mass is 35.5. The third kappa shape index (κ3) is 3.69. The molecule has 0 radical (unpaired) electrons. The van der Waals surface area contributed by atoms with E-state index >= 15 is 0 Å². The molecule has 2 heterocycles. The van der Waals surface area contributed by atoms with Gasteiger partial charge < -0.3 is 19.1 Å². The second-order valence-corrected chi connectivity index (χ2v) is 7.21. The number of fused-ring (bicyclic) bond motifs is 1. The van der Waals surface area contributed by atoms with Gasteiger partial charge in [0, 0.05) is 6.54 Å². The highest BCUT2D eigenvalue weighted by molar-refractivity contribution is 6.32. The molecule has 2 aliphatic heterocycles. The summed E-state index contributed by atoms with van der Waals surface area (Å²) in [7, 11) is 1.66. The molecule has 1 amide bonds. The minimum atomic E-state index is 0.0836. The Morgan fingerprint density at radius 3 is 2.96 bits per heavy atom. The van der Waals surface area contributed by atoms with Crippen molar-refractivity contribution in [2.24, 2.45) is 0 Å². The molecule has 0 saturated carbocycles. The quantitative estimate of drug-likeness (QED) is 0.794. The lowest BCUT2D eigenvalue weighted by molar-refractivity contribution is -0.131. The summed E-state index contributed by atoms with van der Waals surface area (Å²) in [6.07, 6.45) is 2.24. The van der Waals surface area contributed by atoms with Crippen LogP contribution in [0.4, 0.5) is 0 Å². The minimum Gasteiger partial charge on any atom is -0.497 e. The van der Waals surface area contributed by atoms with Gasteiger partial charge in [-0.2, -0.15) is 0 Å². The lowest BCUT2D eigenvalue weighted by Crippen LogP contribution is -2.31. The number of likely N-dealkylation sites (tertiary alicyclic amines) is 1. The van der Waals surface area contributed by atoms with E-state index in [-0.39, 0.29) is 18.4 Å². The van der Waals surface area contributed by atoms with Crippen LogP contribution in [0.1, 0.15) is 30.0 Å². The van der Waals surface area contributed by atoms with E-state index in [2.05, 4.69) is 6.07 Å². The van der Waals surface area contributed by atoms with Crippen molar-refractivity contribution in [3.05, 3.63) is 52.5 Å². The van der Waals surface area contributed by atoms with Crippen molar-refractivity contribution >= 4 is 17.5 Å². The zero-order valence-electron chi connectivity index (χ0n) is 15.2. The van der Waals surface area contributed by atoms with E-state index in [1.165, 1.54) is 0 Å². The Morgan fingerprint density at radius 2 is 2.11 bits per heavy atom. The summed E-state index contributed by atoms with van der Waals surface area (Å²) >= 11 is 6.30. The van der Waals surface area contributed by atoms with Crippen molar-refractivity contribution in [3.63, 3.8) is 0 Å². The second kappa shape index (κ2) is 7.69. The second-order valence-electron chi connectivity index (χ2n) is 6.80. The summed E-state index contributed by atoms with van der Waals surface area (Å²) < 4.78 is 16.5. The predicted octanol–water partition coefficient (Wildman–Crippen LogP) is 4.03. The Bertz CT molecular complexity index is 854. The molecule has 1 atom stereocenters. The van der Waals surface area contributed by atoms with Gasteiger partial charge in [0.1, 0.15) is 19.0 Å². The fourth-order valence-electron chi connectivity index (χ4n) is 3.80. The molecule has 1 unspecified atom stereocenters. The number of nitrogens with zero attached hydrogens (tertiary/aromatic N) is 1. The maximum atomic E-state index is 13.0. The topological polar surface area (TPSA) is 48.0 Å². The van der Waals surface area contributed by atoms with Crippen LogP contribution in [0.15, 0.2) is 36.4 Å². The first-order valence-corrected chi connectivity index (χ1v) is 9.55. The number of ether oxygens (including phenoxy) is 3. The summed E-state index contributed by atoms with van der Waals surface area (Å²) in [6.45, 7) is 1.74. The zero-order valence-corrected chi connectivity index (χ0v) is 16.0. The molecule has 0 bridgehead atoms. The highest BCUT2D eigenvalue weighted by Gasteiger charge is 2.30. The number of halogens is 1. The molecule has 2 aromatic rings. The largest absolute Gasteiger partial charge is 0.497 e. The van der Waals surface area contributed by atoms with E-state index < -0.39 is 0 Å². The molecule has 2 aromatic carbocycles. The van der Waals surface area contributed by atoms with Crippen LogP contribution in [0.5, 0.6) is 17.2 Å². The molecule has 1 saturated heterocycles. The summed E-state index contributed by atoms with van der Waals surface area (Å²) in [5.41, 5.74) is 1.95. The average Bonchev–Trinajstić information content (AvgIpc) is 3.18. The van der Waals surface area contributed by atoms with Gasteiger partial charge in [-0.05, 0) is 48.2 Å². The lowest BCUT2D eigenvalue weighted by Gasteiger charge is -2.26. The molecule has 142 valence electrons. The number of rotatable bonds is 4. The van der Waals surface area contributed by atoms with Gasteiger partial charge in [-0.25, -0.2) is 0 Å². The summed E-state index contributed by atoms with van der Waals surface area (Å²) in [4.78, 5) is 15.0. The molecule has 6 heteroatoms. The average molecular weight is 388 g/mol. The third-order valence-electron chi connectivity index (χ3n) is 5.06.